The Morgan fingerprint density at radius 3 is 1.42 bits per heavy atom. The van der Waals surface area contributed by atoms with Gasteiger partial charge in [0.1, 0.15) is 5.60 Å². The summed E-state index contributed by atoms with van der Waals surface area (Å²) in [5, 5.41) is 12.2. The number of hydrogen-bond acceptors (Lipinski definition) is 2. The van der Waals surface area contributed by atoms with E-state index in [1.807, 2.05) is 91.0 Å². The van der Waals surface area contributed by atoms with E-state index in [1.54, 1.807) is 7.11 Å². The molecule has 134 valence electrons. The first-order valence-electron chi connectivity index (χ1n) is 9.13. The van der Waals surface area contributed by atoms with Gasteiger partial charge in [-0.3, -0.25) is 0 Å². The molecule has 0 amide bonds. The maximum absolute atomic E-state index is 12.2. The first-order chi connectivity index (χ1) is 12.7. The molecule has 26 heavy (non-hydrogen) atoms. The van der Waals surface area contributed by atoms with Crippen molar-refractivity contribution in [2.45, 2.75) is 31.0 Å². The second-order valence-electron chi connectivity index (χ2n) is 6.59. The van der Waals surface area contributed by atoms with Crippen molar-refractivity contribution < 1.29 is 9.84 Å². The molecule has 0 radical (unpaired) electrons. The fraction of sp³-hybridized carbons (Fsp3) is 0.250. The molecule has 1 N–H and O–H groups in total. The molecule has 0 saturated heterocycles. The summed E-state index contributed by atoms with van der Waals surface area (Å²) in [5.74, 6) is 0. The van der Waals surface area contributed by atoms with Crippen LogP contribution >= 0.6 is 0 Å². The van der Waals surface area contributed by atoms with E-state index in [1.165, 1.54) is 0 Å². The van der Waals surface area contributed by atoms with Gasteiger partial charge in [0.15, 0.2) is 5.60 Å². The molecular weight excluding hydrogens is 320 g/mol. The summed E-state index contributed by atoms with van der Waals surface area (Å²) in [6.45, 7) is 2.09. The molecule has 0 spiro atoms. The molecule has 2 heteroatoms. The second kappa shape index (κ2) is 7.86. The van der Waals surface area contributed by atoms with Crippen molar-refractivity contribution >= 4 is 0 Å². The third-order valence-electron chi connectivity index (χ3n) is 5.11. The molecule has 1 atom stereocenters. The fourth-order valence-corrected chi connectivity index (χ4v) is 3.99. The Bertz CT molecular complexity index is 760. The summed E-state index contributed by atoms with van der Waals surface area (Å²) in [6, 6.07) is 29.9. The zero-order chi connectivity index (χ0) is 18.5. The largest absolute Gasteiger partial charge is 0.381 e. The highest BCUT2D eigenvalue weighted by atomic mass is 16.5. The zero-order valence-electron chi connectivity index (χ0n) is 15.4. The molecule has 0 aromatic heterocycles. The summed E-state index contributed by atoms with van der Waals surface area (Å²) >= 11 is 0. The summed E-state index contributed by atoms with van der Waals surface area (Å²) in [4.78, 5) is 0. The number of benzene rings is 3. The van der Waals surface area contributed by atoms with Gasteiger partial charge in [-0.1, -0.05) is 104 Å². The van der Waals surface area contributed by atoms with Gasteiger partial charge in [0.2, 0.25) is 0 Å². The number of methoxy groups -OCH3 is 1. The molecule has 0 heterocycles. The monoisotopic (exact) mass is 346 g/mol. The van der Waals surface area contributed by atoms with Crippen LogP contribution in [0.4, 0.5) is 0 Å². The molecule has 0 saturated carbocycles. The Labute approximate surface area is 156 Å². The van der Waals surface area contributed by atoms with Crippen molar-refractivity contribution in [1.29, 1.82) is 0 Å². The first-order valence-corrected chi connectivity index (χ1v) is 9.13. The Hall–Kier alpha value is -2.42. The van der Waals surface area contributed by atoms with Gasteiger partial charge < -0.3 is 9.84 Å². The molecule has 0 aliphatic carbocycles. The highest BCUT2D eigenvalue weighted by molar-refractivity contribution is 5.44. The molecule has 1 unspecified atom stereocenters. The lowest BCUT2D eigenvalue weighted by Gasteiger charge is -2.47. The molecule has 2 nitrogen and oxygen atoms in total. The van der Waals surface area contributed by atoms with Crippen LogP contribution in [-0.4, -0.2) is 12.2 Å². The van der Waals surface area contributed by atoms with Crippen LogP contribution in [0.1, 0.15) is 36.5 Å². The van der Waals surface area contributed by atoms with Crippen LogP contribution in [0, 0.1) is 0 Å². The highest BCUT2D eigenvalue weighted by Gasteiger charge is 2.53. The zero-order valence-corrected chi connectivity index (χ0v) is 15.4. The van der Waals surface area contributed by atoms with Crippen LogP contribution in [0.25, 0.3) is 0 Å². The summed E-state index contributed by atoms with van der Waals surface area (Å²) in [7, 11) is 1.68. The summed E-state index contributed by atoms with van der Waals surface area (Å²) < 4.78 is 6.23. The minimum absolute atomic E-state index is 0.578. The molecule has 0 aliphatic heterocycles. The van der Waals surface area contributed by atoms with E-state index in [0.29, 0.717) is 6.42 Å². The van der Waals surface area contributed by atoms with Crippen molar-refractivity contribution in [2.24, 2.45) is 0 Å². The van der Waals surface area contributed by atoms with Gasteiger partial charge in [-0.2, -0.15) is 0 Å². The Kier molecular flexibility index (Phi) is 5.55. The predicted molar refractivity (Wildman–Crippen MR) is 106 cm³/mol. The Morgan fingerprint density at radius 1 is 0.692 bits per heavy atom. The summed E-state index contributed by atoms with van der Waals surface area (Å²) in [6.07, 6.45) is 1.41. The van der Waals surface area contributed by atoms with Crippen molar-refractivity contribution in [3.63, 3.8) is 0 Å². The highest BCUT2D eigenvalue weighted by Crippen LogP contribution is 2.50. The number of rotatable bonds is 7. The molecule has 3 aromatic rings. The molecule has 3 rings (SSSR count). The van der Waals surface area contributed by atoms with Crippen molar-refractivity contribution in [3.05, 3.63) is 108 Å². The van der Waals surface area contributed by atoms with Gasteiger partial charge in [-0.25, -0.2) is 0 Å². The van der Waals surface area contributed by atoms with E-state index < -0.39 is 11.2 Å². The third kappa shape index (κ3) is 2.96. The van der Waals surface area contributed by atoms with Crippen LogP contribution in [0.5, 0.6) is 0 Å². The van der Waals surface area contributed by atoms with E-state index in [2.05, 4.69) is 6.92 Å². The molecule has 0 fully saturated rings. The smallest absolute Gasteiger partial charge is 0.150 e. The lowest BCUT2D eigenvalue weighted by Crippen LogP contribution is -2.51. The van der Waals surface area contributed by atoms with E-state index in [4.69, 9.17) is 4.74 Å². The normalized spacial score (nSPS) is 14.0. The van der Waals surface area contributed by atoms with Gasteiger partial charge >= 0.3 is 0 Å². The Balaban J connectivity index is 2.35. The predicted octanol–water partition coefficient (Wildman–Crippen LogP) is 5.26. The third-order valence-corrected chi connectivity index (χ3v) is 5.11. The molecule has 0 bridgehead atoms. The van der Waals surface area contributed by atoms with Gasteiger partial charge in [-0.15, -0.1) is 0 Å². The van der Waals surface area contributed by atoms with Gasteiger partial charge in [-0.05, 0) is 23.1 Å². The van der Waals surface area contributed by atoms with E-state index in [9.17, 15) is 5.11 Å². The first kappa shape index (κ1) is 18.4. The Morgan fingerprint density at radius 2 is 1.08 bits per heavy atom. The standard InChI is InChI=1S/C24H26O2/c1-3-19-23(25,20-13-7-4-8-14-20)24(26-2,21-15-9-5-10-16-21)22-17-11-6-12-18-22/h4-18,25H,3,19H2,1-2H3. The van der Waals surface area contributed by atoms with Crippen LogP contribution in [0.15, 0.2) is 91.0 Å². The second-order valence-corrected chi connectivity index (χ2v) is 6.59. The van der Waals surface area contributed by atoms with E-state index in [-0.39, 0.29) is 0 Å². The fourth-order valence-electron chi connectivity index (χ4n) is 3.99. The molecule has 0 aliphatic rings. The maximum Gasteiger partial charge on any atom is 0.150 e. The number of hydrogen-bond donors (Lipinski definition) is 1. The minimum atomic E-state index is -1.21. The summed E-state index contributed by atoms with van der Waals surface area (Å²) in [5.41, 5.74) is 0.520. The van der Waals surface area contributed by atoms with Gasteiger partial charge in [0, 0.05) is 7.11 Å². The van der Waals surface area contributed by atoms with Gasteiger partial charge in [0.25, 0.3) is 0 Å². The molecule has 3 aromatic carbocycles. The number of aliphatic hydroxyl groups is 1. The quantitative estimate of drug-likeness (QED) is 0.632. The van der Waals surface area contributed by atoms with Gasteiger partial charge in [0.05, 0.1) is 0 Å². The SMILES string of the molecule is CCCC(O)(c1ccccc1)C(OC)(c1ccccc1)c1ccccc1. The van der Waals surface area contributed by atoms with Crippen molar-refractivity contribution in [1.82, 2.24) is 0 Å². The van der Waals surface area contributed by atoms with Crippen molar-refractivity contribution in [3.8, 4) is 0 Å². The average Bonchev–Trinajstić information content (AvgIpc) is 2.71. The maximum atomic E-state index is 12.2. The minimum Gasteiger partial charge on any atom is -0.381 e. The topological polar surface area (TPSA) is 29.5 Å². The van der Waals surface area contributed by atoms with Crippen LogP contribution < -0.4 is 0 Å². The number of ether oxygens (including phenoxy) is 1. The van der Waals surface area contributed by atoms with Crippen LogP contribution in [-0.2, 0) is 15.9 Å². The average molecular weight is 346 g/mol. The van der Waals surface area contributed by atoms with Crippen molar-refractivity contribution in [2.75, 3.05) is 7.11 Å². The van der Waals surface area contributed by atoms with Crippen LogP contribution in [0.2, 0.25) is 0 Å². The lowest BCUT2D eigenvalue weighted by atomic mass is 9.67. The molecular formula is C24H26O2. The van der Waals surface area contributed by atoms with E-state index in [0.717, 1.165) is 23.1 Å². The van der Waals surface area contributed by atoms with E-state index >= 15 is 0 Å². The lowest BCUT2D eigenvalue weighted by molar-refractivity contribution is -0.163. The van der Waals surface area contributed by atoms with Crippen LogP contribution in [0.3, 0.4) is 0 Å².